The maximum Gasteiger partial charge on any atom is 0.356 e. The Hall–Kier alpha value is -2.43. The van der Waals surface area contributed by atoms with Crippen LogP contribution in [0, 0.1) is 0 Å². The third-order valence-electron chi connectivity index (χ3n) is 2.52. The first-order valence-corrected chi connectivity index (χ1v) is 5.88. The Bertz CT molecular complexity index is 567. The smallest absolute Gasteiger partial charge is 0.356 e. The molecule has 0 fully saturated rings. The van der Waals surface area contributed by atoms with Gasteiger partial charge < -0.3 is 9.47 Å². The summed E-state index contributed by atoms with van der Waals surface area (Å²) in [6.45, 7) is 2.48. The van der Waals surface area contributed by atoms with Crippen LogP contribution >= 0.6 is 0 Å². The molecule has 0 radical (unpaired) electrons. The van der Waals surface area contributed by atoms with Gasteiger partial charge in [-0.05, 0) is 30.7 Å². The lowest BCUT2D eigenvalue weighted by molar-refractivity contribution is 0.0594. The monoisotopic (exact) mass is 258 g/mol. The molecule has 0 N–H and O–H groups in total. The van der Waals surface area contributed by atoms with Crippen LogP contribution in [0.4, 0.5) is 0 Å². The number of ether oxygens (including phenoxy) is 2. The Balaban J connectivity index is 2.28. The molecule has 2 rings (SSSR count). The number of carbonyl (C=O) groups is 1. The second-order valence-corrected chi connectivity index (χ2v) is 3.74. The van der Waals surface area contributed by atoms with Gasteiger partial charge in [0.1, 0.15) is 5.69 Å². The summed E-state index contributed by atoms with van der Waals surface area (Å²) in [5.74, 6) is 0.120. The van der Waals surface area contributed by atoms with Gasteiger partial charge in [0, 0.05) is 24.0 Å². The zero-order chi connectivity index (χ0) is 13.7. The Labute approximate surface area is 111 Å². The van der Waals surface area contributed by atoms with E-state index in [-0.39, 0.29) is 5.69 Å². The van der Waals surface area contributed by atoms with Crippen LogP contribution in [-0.2, 0) is 4.74 Å². The zero-order valence-corrected chi connectivity index (χ0v) is 10.8. The van der Waals surface area contributed by atoms with Crippen LogP contribution in [0.1, 0.15) is 17.4 Å². The first kappa shape index (κ1) is 13.0. The fourth-order valence-electron chi connectivity index (χ4n) is 1.61. The van der Waals surface area contributed by atoms with Crippen molar-refractivity contribution in [3.8, 4) is 17.0 Å². The fraction of sp³-hybridized carbons (Fsp3) is 0.214. The molecule has 0 aromatic carbocycles. The number of nitrogens with zero attached hydrogens (tertiary/aromatic N) is 2. The molecule has 0 amide bonds. The largest absolute Gasteiger partial charge is 0.478 e. The van der Waals surface area contributed by atoms with Crippen LogP contribution in [0.2, 0.25) is 0 Å². The van der Waals surface area contributed by atoms with Crippen molar-refractivity contribution in [1.29, 1.82) is 0 Å². The molecule has 2 aromatic heterocycles. The number of hydrogen-bond acceptors (Lipinski definition) is 5. The van der Waals surface area contributed by atoms with Crippen molar-refractivity contribution in [1.82, 2.24) is 9.97 Å². The zero-order valence-electron chi connectivity index (χ0n) is 10.8. The molecule has 98 valence electrons. The van der Waals surface area contributed by atoms with Crippen LogP contribution in [0.3, 0.4) is 0 Å². The van der Waals surface area contributed by atoms with E-state index in [4.69, 9.17) is 4.74 Å². The van der Waals surface area contributed by atoms with E-state index >= 15 is 0 Å². The van der Waals surface area contributed by atoms with E-state index in [9.17, 15) is 4.79 Å². The lowest BCUT2D eigenvalue weighted by atomic mass is 10.1. The van der Waals surface area contributed by atoms with Crippen molar-refractivity contribution >= 4 is 5.97 Å². The molecule has 2 heterocycles. The summed E-state index contributed by atoms with van der Waals surface area (Å²) in [5.41, 5.74) is 2.01. The molecule has 0 unspecified atom stereocenters. The quantitative estimate of drug-likeness (QED) is 0.788. The van der Waals surface area contributed by atoms with Gasteiger partial charge >= 0.3 is 5.97 Å². The van der Waals surface area contributed by atoms with E-state index < -0.39 is 5.97 Å². The fourth-order valence-corrected chi connectivity index (χ4v) is 1.61. The van der Waals surface area contributed by atoms with Gasteiger partial charge in [-0.3, -0.25) is 0 Å². The van der Waals surface area contributed by atoms with Gasteiger partial charge in [-0.15, -0.1) is 0 Å². The van der Waals surface area contributed by atoms with Crippen molar-refractivity contribution in [2.24, 2.45) is 0 Å². The Kier molecular flexibility index (Phi) is 4.07. The molecule has 0 atom stereocenters. The molecule has 0 spiro atoms. The average Bonchev–Trinajstić information content (AvgIpc) is 2.48. The summed E-state index contributed by atoms with van der Waals surface area (Å²) in [6, 6.07) is 7.15. The number of methoxy groups -OCH3 is 1. The lowest BCUT2D eigenvalue weighted by Gasteiger charge is -2.05. The molecule has 2 aromatic rings. The summed E-state index contributed by atoms with van der Waals surface area (Å²) in [4.78, 5) is 19.6. The predicted octanol–water partition coefficient (Wildman–Crippen LogP) is 2.33. The number of hydrogen-bond donors (Lipinski definition) is 0. The van der Waals surface area contributed by atoms with Gasteiger partial charge in [-0.2, -0.15) is 0 Å². The van der Waals surface area contributed by atoms with E-state index in [0.29, 0.717) is 12.5 Å². The van der Waals surface area contributed by atoms with Crippen LogP contribution in [0.15, 0.2) is 36.7 Å². The minimum absolute atomic E-state index is 0.272. The lowest BCUT2D eigenvalue weighted by Crippen LogP contribution is -2.03. The highest BCUT2D eigenvalue weighted by atomic mass is 16.5. The summed E-state index contributed by atoms with van der Waals surface area (Å²) < 4.78 is 9.92. The SMILES string of the molecule is CCOc1ccc(-c2ccnc(C(=O)OC)c2)cn1. The normalized spacial score (nSPS) is 10.0. The second kappa shape index (κ2) is 5.95. The summed E-state index contributed by atoms with van der Waals surface area (Å²) in [6.07, 6.45) is 3.26. The van der Waals surface area contributed by atoms with Gasteiger partial charge in [0.05, 0.1) is 13.7 Å². The van der Waals surface area contributed by atoms with Crippen LogP contribution in [-0.4, -0.2) is 29.7 Å². The number of pyridine rings is 2. The highest BCUT2D eigenvalue weighted by Gasteiger charge is 2.08. The minimum Gasteiger partial charge on any atom is -0.478 e. The molecule has 0 aliphatic heterocycles. The first-order valence-electron chi connectivity index (χ1n) is 5.88. The third-order valence-corrected chi connectivity index (χ3v) is 2.52. The van der Waals surface area contributed by atoms with E-state index in [1.54, 1.807) is 24.5 Å². The molecule has 19 heavy (non-hydrogen) atoms. The standard InChI is InChI=1S/C14H14N2O3/c1-3-19-13-5-4-11(9-16-13)10-6-7-15-12(8-10)14(17)18-2/h4-9H,3H2,1-2H3. The topological polar surface area (TPSA) is 61.3 Å². The van der Waals surface area contributed by atoms with Gasteiger partial charge in [0.2, 0.25) is 5.88 Å². The van der Waals surface area contributed by atoms with Gasteiger partial charge in [-0.25, -0.2) is 14.8 Å². The average molecular weight is 258 g/mol. The molecule has 5 heteroatoms. The van der Waals surface area contributed by atoms with Crippen molar-refractivity contribution < 1.29 is 14.3 Å². The molecule has 0 saturated carbocycles. The predicted molar refractivity (Wildman–Crippen MR) is 70.0 cm³/mol. The summed E-state index contributed by atoms with van der Waals surface area (Å²) >= 11 is 0. The molecule has 0 aliphatic rings. The summed E-state index contributed by atoms with van der Waals surface area (Å²) in [5, 5.41) is 0. The third kappa shape index (κ3) is 3.07. The Morgan fingerprint density at radius 2 is 2.05 bits per heavy atom. The number of rotatable bonds is 4. The van der Waals surface area contributed by atoms with Crippen molar-refractivity contribution in [2.45, 2.75) is 6.92 Å². The van der Waals surface area contributed by atoms with E-state index in [1.165, 1.54) is 7.11 Å². The van der Waals surface area contributed by atoms with E-state index in [2.05, 4.69) is 14.7 Å². The van der Waals surface area contributed by atoms with E-state index in [1.807, 2.05) is 19.1 Å². The number of aromatic nitrogens is 2. The molecule has 5 nitrogen and oxygen atoms in total. The molecule has 0 aliphatic carbocycles. The van der Waals surface area contributed by atoms with E-state index in [0.717, 1.165) is 11.1 Å². The van der Waals surface area contributed by atoms with Crippen LogP contribution in [0.25, 0.3) is 11.1 Å². The first-order chi connectivity index (χ1) is 9.24. The van der Waals surface area contributed by atoms with Gasteiger partial charge in [0.25, 0.3) is 0 Å². The van der Waals surface area contributed by atoms with Crippen LogP contribution in [0.5, 0.6) is 5.88 Å². The van der Waals surface area contributed by atoms with Gasteiger partial charge in [0.15, 0.2) is 0 Å². The van der Waals surface area contributed by atoms with Crippen molar-refractivity contribution in [3.05, 3.63) is 42.4 Å². The van der Waals surface area contributed by atoms with Crippen LogP contribution < -0.4 is 4.74 Å². The van der Waals surface area contributed by atoms with Crippen molar-refractivity contribution in [2.75, 3.05) is 13.7 Å². The molecule has 0 saturated heterocycles. The Morgan fingerprint density at radius 1 is 1.21 bits per heavy atom. The Morgan fingerprint density at radius 3 is 2.68 bits per heavy atom. The van der Waals surface area contributed by atoms with Crippen molar-refractivity contribution in [3.63, 3.8) is 0 Å². The highest BCUT2D eigenvalue weighted by Crippen LogP contribution is 2.20. The summed E-state index contributed by atoms with van der Waals surface area (Å²) in [7, 11) is 1.33. The maximum absolute atomic E-state index is 11.4. The van der Waals surface area contributed by atoms with Gasteiger partial charge in [-0.1, -0.05) is 0 Å². The molecule has 0 bridgehead atoms. The highest BCUT2D eigenvalue weighted by molar-refractivity contribution is 5.88. The second-order valence-electron chi connectivity index (χ2n) is 3.74. The number of esters is 1. The minimum atomic E-state index is -0.458. The number of carbonyl (C=O) groups excluding carboxylic acids is 1. The molecular formula is C14H14N2O3. The molecular weight excluding hydrogens is 244 g/mol. The maximum atomic E-state index is 11.4.